The molecule has 2 aromatic rings. The lowest BCUT2D eigenvalue weighted by molar-refractivity contribution is 0.0822. The molecule has 6 heteroatoms. The standard InChI is InChI=1S/C21H23NO5/c1-13-9-17-16(11-22(12-25-17)7-4-8-24-3)21-19(13)20(23)18(27-21)10-15-6-5-14(2)26-15/h5-6,9-10H,4,7-8,11-12H2,1-3H3/b18-10-. The predicted molar refractivity (Wildman–Crippen MR) is 100.0 cm³/mol. The number of ether oxygens (including phenoxy) is 3. The van der Waals surface area contributed by atoms with Crippen molar-refractivity contribution in [3.05, 3.63) is 52.2 Å². The first-order valence-corrected chi connectivity index (χ1v) is 9.08. The fraction of sp³-hybridized carbons (Fsp3) is 0.381. The number of aryl methyl sites for hydroxylation is 2. The molecule has 0 saturated heterocycles. The normalized spacial score (nSPS) is 17.6. The molecule has 0 atom stereocenters. The van der Waals surface area contributed by atoms with Crippen LogP contribution in [0.15, 0.2) is 28.4 Å². The maximum atomic E-state index is 12.9. The lowest BCUT2D eigenvalue weighted by Gasteiger charge is -2.30. The van der Waals surface area contributed by atoms with E-state index < -0.39 is 0 Å². The quantitative estimate of drug-likeness (QED) is 0.592. The molecule has 3 heterocycles. The van der Waals surface area contributed by atoms with Crippen molar-refractivity contribution in [1.29, 1.82) is 0 Å². The largest absolute Gasteiger partial charge is 0.478 e. The molecule has 0 saturated carbocycles. The van der Waals surface area contributed by atoms with Crippen LogP contribution in [-0.2, 0) is 11.3 Å². The number of benzene rings is 1. The Labute approximate surface area is 158 Å². The summed E-state index contributed by atoms with van der Waals surface area (Å²) in [6.07, 6.45) is 2.58. The molecule has 27 heavy (non-hydrogen) atoms. The highest BCUT2D eigenvalue weighted by Gasteiger charge is 2.35. The van der Waals surface area contributed by atoms with Gasteiger partial charge in [0.15, 0.2) is 5.76 Å². The molecule has 2 aliphatic rings. The zero-order valence-electron chi connectivity index (χ0n) is 15.8. The second kappa shape index (κ2) is 7.21. The zero-order valence-corrected chi connectivity index (χ0v) is 15.8. The van der Waals surface area contributed by atoms with Crippen molar-refractivity contribution in [3.63, 3.8) is 0 Å². The van der Waals surface area contributed by atoms with Crippen LogP contribution in [0, 0.1) is 13.8 Å². The van der Waals surface area contributed by atoms with Crippen LogP contribution >= 0.6 is 0 Å². The highest BCUT2D eigenvalue weighted by Crippen LogP contribution is 2.44. The van der Waals surface area contributed by atoms with Gasteiger partial charge < -0.3 is 18.6 Å². The van der Waals surface area contributed by atoms with E-state index in [4.69, 9.17) is 18.6 Å². The van der Waals surface area contributed by atoms with Gasteiger partial charge in [0.05, 0.1) is 11.1 Å². The van der Waals surface area contributed by atoms with Gasteiger partial charge in [0.1, 0.15) is 29.8 Å². The van der Waals surface area contributed by atoms with E-state index in [-0.39, 0.29) is 11.5 Å². The third-order valence-corrected chi connectivity index (χ3v) is 4.85. The van der Waals surface area contributed by atoms with Gasteiger partial charge >= 0.3 is 0 Å². The summed E-state index contributed by atoms with van der Waals surface area (Å²) in [5.74, 6) is 2.97. The fourth-order valence-electron chi connectivity index (χ4n) is 3.51. The second-order valence-corrected chi connectivity index (χ2v) is 6.93. The maximum absolute atomic E-state index is 12.9. The molecule has 1 aromatic carbocycles. The van der Waals surface area contributed by atoms with Crippen LogP contribution in [0.5, 0.6) is 11.5 Å². The maximum Gasteiger partial charge on any atom is 0.232 e. The topological polar surface area (TPSA) is 61.1 Å². The second-order valence-electron chi connectivity index (χ2n) is 6.93. The van der Waals surface area contributed by atoms with Crippen LogP contribution in [0.25, 0.3) is 6.08 Å². The molecule has 0 fully saturated rings. The SMILES string of the molecule is COCCCN1COc2cc(C)c3c(c2C1)O/C(=C\c1ccc(C)o1)C3=O. The summed E-state index contributed by atoms with van der Waals surface area (Å²) in [6.45, 7) is 6.55. The Morgan fingerprint density at radius 1 is 1.30 bits per heavy atom. The van der Waals surface area contributed by atoms with E-state index in [2.05, 4.69) is 4.90 Å². The van der Waals surface area contributed by atoms with Crippen LogP contribution < -0.4 is 9.47 Å². The number of allylic oxidation sites excluding steroid dienone is 1. The average molecular weight is 369 g/mol. The van der Waals surface area contributed by atoms with Crippen molar-refractivity contribution in [1.82, 2.24) is 4.90 Å². The summed E-state index contributed by atoms with van der Waals surface area (Å²) in [7, 11) is 1.70. The van der Waals surface area contributed by atoms with E-state index in [1.165, 1.54) is 0 Å². The lowest BCUT2D eigenvalue weighted by atomic mass is 9.99. The molecule has 2 aliphatic heterocycles. The van der Waals surface area contributed by atoms with Crippen LogP contribution in [0.1, 0.15) is 39.4 Å². The summed E-state index contributed by atoms with van der Waals surface area (Å²) in [6, 6.07) is 5.62. The molecule has 6 nitrogen and oxygen atoms in total. The van der Waals surface area contributed by atoms with E-state index in [1.54, 1.807) is 13.2 Å². The average Bonchev–Trinajstić information content (AvgIpc) is 3.20. The summed E-state index contributed by atoms with van der Waals surface area (Å²) < 4.78 is 22.6. The number of fused-ring (bicyclic) bond motifs is 3. The first-order chi connectivity index (χ1) is 13.1. The molecule has 4 rings (SSSR count). The minimum absolute atomic E-state index is 0.115. The molecular weight excluding hydrogens is 346 g/mol. The van der Waals surface area contributed by atoms with Gasteiger partial charge in [0.25, 0.3) is 0 Å². The molecule has 0 amide bonds. The summed E-state index contributed by atoms with van der Waals surface area (Å²) in [5, 5.41) is 0. The number of hydrogen-bond acceptors (Lipinski definition) is 6. The number of furan rings is 1. The molecule has 0 unspecified atom stereocenters. The Balaban J connectivity index is 1.64. The fourth-order valence-corrected chi connectivity index (χ4v) is 3.51. The van der Waals surface area contributed by atoms with Gasteiger partial charge in [-0.3, -0.25) is 9.69 Å². The molecule has 0 aliphatic carbocycles. The Hall–Kier alpha value is -2.57. The zero-order chi connectivity index (χ0) is 19.0. The molecule has 0 N–H and O–H groups in total. The van der Waals surface area contributed by atoms with Gasteiger partial charge in [0.2, 0.25) is 5.78 Å². The highest BCUT2D eigenvalue weighted by atomic mass is 16.5. The van der Waals surface area contributed by atoms with Gasteiger partial charge in [-0.25, -0.2) is 0 Å². The third-order valence-electron chi connectivity index (χ3n) is 4.85. The number of nitrogens with zero attached hydrogens (tertiary/aromatic N) is 1. The predicted octanol–water partition coefficient (Wildman–Crippen LogP) is 3.70. The van der Waals surface area contributed by atoms with Crippen LogP contribution in [-0.4, -0.2) is 37.7 Å². The number of ketones is 1. The number of rotatable bonds is 5. The molecule has 0 radical (unpaired) electrons. The Morgan fingerprint density at radius 3 is 2.89 bits per heavy atom. The lowest BCUT2D eigenvalue weighted by Crippen LogP contribution is -2.33. The number of carbonyl (C=O) groups excluding carboxylic acids is 1. The molecule has 1 aromatic heterocycles. The van der Waals surface area contributed by atoms with Crippen molar-refractivity contribution in [2.45, 2.75) is 26.8 Å². The van der Waals surface area contributed by atoms with Gasteiger partial charge in [-0.05, 0) is 44.0 Å². The minimum Gasteiger partial charge on any atom is -0.478 e. The smallest absolute Gasteiger partial charge is 0.232 e. The third kappa shape index (κ3) is 3.38. The number of Topliss-reactive ketones (excluding diaryl/α,β-unsaturated/α-hetero) is 1. The summed E-state index contributed by atoms with van der Waals surface area (Å²) in [4.78, 5) is 15.1. The summed E-state index contributed by atoms with van der Waals surface area (Å²) >= 11 is 0. The number of hydrogen-bond donors (Lipinski definition) is 0. The van der Waals surface area contributed by atoms with Crippen molar-refractivity contribution in [2.24, 2.45) is 0 Å². The molecule has 0 bridgehead atoms. The van der Waals surface area contributed by atoms with Gasteiger partial charge in [-0.15, -0.1) is 0 Å². The van der Waals surface area contributed by atoms with Crippen molar-refractivity contribution >= 4 is 11.9 Å². The highest BCUT2D eigenvalue weighted by molar-refractivity contribution is 6.15. The first kappa shape index (κ1) is 17.8. The van der Waals surface area contributed by atoms with Crippen LogP contribution in [0.2, 0.25) is 0 Å². The Bertz CT molecular complexity index is 912. The van der Waals surface area contributed by atoms with Gasteiger partial charge in [-0.2, -0.15) is 0 Å². The minimum atomic E-state index is -0.115. The van der Waals surface area contributed by atoms with Gasteiger partial charge in [0, 0.05) is 32.9 Å². The van der Waals surface area contributed by atoms with E-state index in [9.17, 15) is 4.79 Å². The first-order valence-electron chi connectivity index (χ1n) is 9.08. The Kier molecular flexibility index (Phi) is 4.76. The van der Waals surface area contributed by atoms with E-state index >= 15 is 0 Å². The van der Waals surface area contributed by atoms with Crippen molar-refractivity contribution in [2.75, 3.05) is 27.0 Å². The number of methoxy groups -OCH3 is 1. The van der Waals surface area contributed by atoms with Crippen LogP contribution in [0.4, 0.5) is 0 Å². The van der Waals surface area contributed by atoms with Crippen LogP contribution in [0.3, 0.4) is 0 Å². The van der Waals surface area contributed by atoms with Crippen molar-refractivity contribution in [3.8, 4) is 11.5 Å². The Morgan fingerprint density at radius 2 is 2.15 bits per heavy atom. The molecule has 0 spiro atoms. The number of carbonyl (C=O) groups is 1. The van der Waals surface area contributed by atoms with Crippen molar-refractivity contribution < 1.29 is 23.4 Å². The summed E-state index contributed by atoms with van der Waals surface area (Å²) in [5.41, 5.74) is 2.40. The monoisotopic (exact) mass is 369 g/mol. The van der Waals surface area contributed by atoms with Gasteiger partial charge in [-0.1, -0.05) is 0 Å². The van der Waals surface area contributed by atoms with E-state index in [1.807, 2.05) is 32.0 Å². The molecule has 142 valence electrons. The van der Waals surface area contributed by atoms with E-state index in [0.717, 1.165) is 35.6 Å². The molecular formula is C21H23NO5. The van der Waals surface area contributed by atoms with E-state index in [0.29, 0.717) is 37.0 Å².